The molecule has 0 unspecified atom stereocenters. The van der Waals surface area contributed by atoms with Crippen molar-refractivity contribution in [2.75, 3.05) is 29.9 Å². The summed E-state index contributed by atoms with van der Waals surface area (Å²) in [6.45, 7) is 10.1. The highest BCUT2D eigenvalue weighted by molar-refractivity contribution is 5.55. The molecule has 1 saturated heterocycles. The number of nitrogens with one attached hydrogen (secondary N) is 1. The van der Waals surface area contributed by atoms with Crippen LogP contribution in [0.2, 0.25) is 0 Å². The number of hydrogen-bond donors (Lipinski definition) is 1. The Morgan fingerprint density at radius 3 is 2.65 bits per heavy atom. The van der Waals surface area contributed by atoms with Gasteiger partial charge in [0.2, 0.25) is 0 Å². The summed E-state index contributed by atoms with van der Waals surface area (Å²) in [4.78, 5) is 6.75. The van der Waals surface area contributed by atoms with Crippen LogP contribution in [-0.4, -0.2) is 24.6 Å². The van der Waals surface area contributed by atoms with E-state index in [0.29, 0.717) is 5.41 Å². The van der Waals surface area contributed by atoms with Gasteiger partial charge in [-0.15, -0.1) is 0 Å². The van der Waals surface area contributed by atoms with E-state index < -0.39 is 0 Å². The van der Waals surface area contributed by atoms with E-state index in [2.05, 4.69) is 42.0 Å². The van der Waals surface area contributed by atoms with Gasteiger partial charge in [-0.1, -0.05) is 13.8 Å². The minimum atomic E-state index is 0.503. The topological polar surface area (TPSA) is 28.2 Å². The zero-order valence-electron chi connectivity index (χ0n) is 11.2. The van der Waals surface area contributed by atoms with E-state index in [1.54, 1.807) is 0 Å². The maximum absolute atomic E-state index is 4.31. The third-order valence-electron chi connectivity index (χ3n) is 3.59. The van der Waals surface area contributed by atoms with Gasteiger partial charge in [0.25, 0.3) is 0 Å². The summed E-state index contributed by atoms with van der Waals surface area (Å²) in [5.74, 6) is 0. The molecule has 1 aliphatic rings. The number of nitrogens with zero attached hydrogens (tertiary/aromatic N) is 2. The van der Waals surface area contributed by atoms with Gasteiger partial charge in [-0.3, -0.25) is 4.98 Å². The first kappa shape index (κ1) is 12.2. The van der Waals surface area contributed by atoms with E-state index in [0.717, 1.165) is 25.3 Å². The molecule has 1 aliphatic heterocycles. The molecule has 0 amide bonds. The Bertz CT molecular complexity index is 363. The average Bonchev–Trinajstić information content (AvgIpc) is 2.30. The van der Waals surface area contributed by atoms with E-state index in [-0.39, 0.29) is 0 Å². The Labute approximate surface area is 104 Å². The van der Waals surface area contributed by atoms with Crippen molar-refractivity contribution in [3.63, 3.8) is 0 Å². The lowest BCUT2D eigenvalue weighted by Gasteiger charge is -2.38. The van der Waals surface area contributed by atoms with Gasteiger partial charge in [-0.2, -0.15) is 0 Å². The highest BCUT2D eigenvalue weighted by Gasteiger charge is 2.25. The van der Waals surface area contributed by atoms with Crippen LogP contribution in [0.3, 0.4) is 0 Å². The van der Waals surface area contributed by atoms with Crippen LogP contribution in [0, 0.1) is 5.41 Å². The normalized spacial score (nSPS) is 19.1. The summed E-state index contributed by atoms with van der Waals surface area (Å²) in [5, 5.41) is 3.31. The maximum atomic E-state index is 4.31. The second-order valence-corrected chi connectivity index (χ2v) is 5.61. The lowest BCUT2D eigenvalue weighted by Crippen LogP contribution is -2.37. The molecule has 0 aromatic carbocycles. The molecule has 0 aliphatic carbocycles. The number of anilines is 2. The number of piperidine rings is 1. The summed E-state index contributed by atoms with van der Waals surface area (Å²) < 4.78 is 0. The highest BCUT2D eigenvalue weighted by Crippen LogP contribution is 2.32. The van der Waals surface area contributed by atoms with Crippen molar-refractivity contribution in [2.45, 2.75) is 33.6 Å². The predicted molar refractivity (Wildman–Crippen MR) is 73.6 cm³/mol. The molecule has 0 bridgehead atoms. The van der Waals surface area contributed by atoms with Crippen LogP contribution in [0.15, 0.2) is 18.5 Å². The molecule has 3 heteroatoms. The van der Waals surface area contributed by atoms with Crippen LogP contribution in [0.1, 0.15) is 33.6 Å². The predicted octanol–water partition coefficient (Wildman–Crippen LogP) is 3.14. The van der Waals surface area contributed by atoms with Crippen LogP contribution in [0.25, 0.3) is 0 Å². The highest BCUT2D eigenvalue weighted by atomic mass is 15.1. The third-order valence-corrected chi connectivity index (χ3v) is 3.59. The minimum Gasteiger partial charge on any atom is -0.384 e. The quantitative estimate of drug-likeness (QED) is 0.869. The SMILES string of the molecule is CCNc1cncc(N2CCC(C)(C)CC2)c1. The van der Waals surface area contributed by atoms with Gasteiger partial charge in [0.15, 0.2) is 0 Å². The first-order valence-corrected chi connectivity index (χ1v) is 6.54. The van der Waals surface area contributed by atoms with Crippen LogP contribution < -0.4 is 10.2 Å². The van der Waals surface area contributed by atoms with E-state index in [1.807, 2.05) is 12.4 Å². The van der Waals surface area contributed by atoms with Crippen molar-refractivity contribution in [3.8, 4) is 0 Å². The fourth-order valence-electron chi connectivity index (χ4n) is 2.27. The fourth-order valence-corrected chi connectivity index (χ4v) is 2.27. The lowest BCUT2D eigenvalue weighted by molar-refractivity contribution is 0.280. The van der Waals surface area contributed by atoms with Crippen molar-refractivity contribution in [1.29, 1.82) is 0 Å². The summed E-state index contributed by atoms with van der Waals surface area (Å²) in [6.07, 6.45) is 6.39. The Balaban J connectivity index is 2.05. The van der Waals surface area contributed by atoms with E-state index in [4.69, 9.17) is 0 Å². The monoisotopic (exact) mass is 233 g/mol. The van der Waals surface area contributed by atoms with Crippen LogP contribution in [0.4, 0.5) is 11.4 Å². The zero-order valence-corrected chi connectivity index (χ0v) is 11.2. The van der Waals surface area contributed by atoms with Crippen LogP contribution in [-0.2, 0) is 0 Å². The molecule has 0 radical (unpaired) electrons. The Morgan fingerprint density at radius 2 is 2.00 bits per heavy atom. The standard InChI is InChI=1S/C14H23N3/c1-4-16-12-9-13(11-15-10-12)17-7-5-14(2,3)6-8-17/h9-11,16H,4-8H2,1-3H3. The minimum absolute atomic E-state index is 0.503. The van der Waals surface area contributed by atoms with E-state index >= 15 is 0 Å². The molecular weight excluding hydrogens is 210 g/mol. The molecule has 1 N–H and O–H groups in total. The van der Waals surface area contributed by atoms with E-state index in [9.17, 15) is 0 Å². The molecular formula is C14H23N3. The van der Waals surface area contributed by atoms with Gasteiger partial charge in [-0.05, 0) is 31.2 Å². The molecule has 3 nitrogen and oxygen atoms in total. The van der Waals surface area contributed by atoms with Gasteiger partial charge < -0.3 is 10.2 Å². The van der Waals surface area contributed by atoms with Crippen LogP contribution in [0.5, 0.6) is 0 Å². The second-order valence-electron chi connectivity index (χ2n) is 5.61. The molecule has 94 valence electrons. The molecule has 17 heavy (non-hydrogen) atoms. The Kier molecular flexibility index (Phi) is 3.55. The molecule has 2 rings (SSSR count). The van der Waals surface area contributed by atoms with Gasteiger partial charge >= 0.3 is 0 Å². The average molecular weight is 233 g/mol. The first-order chi connectivity index (χ1) is 8.11. The van der Waals surface area contributed by atoms with Gasteiger partial charge in [0, 0.05) is 19.6 Å². The molecule has 1 aromatic rings. The van der Waals surface area contributed by atoms with Crippen molar-refractivity contribution in [2.24, 2.45) is 5.41 Å². The first-order valence-electron chi connectivity index (χ1n) is 6.54. The maximum Gasteiger partial charge on any atom is 0.0573 e. The van der Waals surface area contributed by atoms with Crippen molar-refractivity contribution < 1.29 is 0 Å². The fraction of sp³-hybridized carbons (Fsp3) is 0.643. The number of pyridine rings is 1. The number of rotatable bonds is 3. The van der Waals surface area contributed by atoms with Gasteiger partial charge in [0.1, 0.15) is 0 Å². The van der Waals surface area contributed by atoms with Gasteiger partial charge in [-0.25, -0.2) is 0 Å². The summed E-state index contributed by atoms with van der Waals surface area (Å²) in [7, 11) is 0. The van der Waals surface area contributed by atoms with Crippen molar-refractivity contribution in [1.82, 2.24) is 4.98 Å². The second kappa shape index (κ2) is 4.94. The molecule has 0 atom stereocenters. The smallest absolute Gasteiger partial charge is 0.0573 e. The zero-order chi connectivity index (χ0) is 12.3. The number of aromatic nitrogens is 1. The summed E-state index contributed by atoms with van der Waals surface area (Å²) in [6, 6.07) is 2.20. The molecule has 0 spiro atoms. The van der Waals surface area contributed by atoms with E-state index in [1.165, 1.54) is 18.5 Å². The third kappa shape index (κ3) is 3.11. The molecule has 0 saturated carbocycles. The summed E-state index contributed by atoms with van der Waals surface area (Å²) in [5.41, 5.74) is 2.87. The number of hydrogen-bond acceptors (Lipinski definition) is 3. The van der Waals surface area contributed by atoms with Crippen molar-refractivity contribution in [3.05, 3.63) is 18.5 Å². The molecule has 1 aromatic heterocycles. The van der Waals surface area contributed by atoms with Crippen LogP contribution >= 0.6 is 0 Å². The molecule has 1 fully saturated rings. The summed E-state index contributed by atoms with van der Waals surface area (Å²) >= 11 is 0. The largest absolute Gasteiger partial charge is 0.384 e. The lowest BCUT2D eigenvalue weighted by atomic mass is 9.82. The Hall–Kier alpha value is -1.25. The van der Waals surface area contributed by atoms with Gasteiger partial charge in [0.05, 0.1) is 23.8 Å². The van der Waals surface area contributed by atoms with Crippen molar-refractivity contribution >= 4 is 11.4 Å². The Morgan fingerprint density at radius 1 is 1.29 bits per heavy atom. The molecule has 2 heterocycles.